The maximum absolute atomic E-state index is 13.7. The fourth-order valence-corrected chi connectivity index (χ4v) is 1.67. The summed E-state index contributed by atoms with van der Waals surface area (Å²) in [6, 6.07) is 7.38. The van der Waals surface area contributed by atoms with Gasteiger partial charge in [-0.3, -0.25) is 4.98 Å². The molecule has 3 rings (SSSR count). The minimum atomic E-state index is -0.620. The van der Waals surface area contributed by atoms with Crippen molar-refractivity contribution < 1.29 is 14.0 Å². The lowest BCUT2D eigenvalue weighted by Crippen LogP contribution is -1.86. The molecule has 1 N–H and O–H groups in total. The Morgan fingerprint density at radius 3 is 2.63 bits per heavy atom. The Bertz CT molecular complexity index is 693. The third-order valence-electron chi connectivity index (χ3n) is 2.57. The van der Waals surface area contributed by atoms with Crippen LogP contribution in [0.3, 0.4) is 0 Å². The molecule has 6 heteroatoms. The number of hydrogen-bond donors (Lipinski definition) is 1. The van der Waals surface area contributed by atoms with E-state index in [9.17, 15) is 9.50 Å². The number of rotatable bonds is 2. The van der Waals surface area contributed by atoms with E-state index in [0.29, 0.717) is 11.4 Å². The molecule has 0 fully saturated rings. The van der Waals surface area contributed by atoms with E-state index in [0.717, 1.165) is 0 Å². The van der Waals surface area contributed by atoms with Crippen LogP contribution < -0.4 is 0 Å². The van der Waals surface area contributed by atoms with Gasteiger partial charge in [0.05, 0.1) is 0 Å². The van der Waals surface area contributed by atoms with Gasteiger partial charge in [0.15, 0.2) is 0 Å². The highest BCUT2D eigenvalue weighted by Crippen LogP contribution is 2.31. The molecular formula is C13H8FN3O2. The summed E-state index contributed by atoms with van der Waals surface area (Å²) in [4.78, 5) is 7.94. The van der Waals surface area contributed by atoms with Crippen molar-refractivity contribution in [1.82, 2.24) is 15.1 Å². The fourth-order valence-electron chi connectivity index (χ4n) is 1.67. The molecule has 0 saturated carbocycles. The molecule has 94 valence electrons. The summed E-state index contributed by atoms with van der Waals surface area (Å²) < 4.78 is 18.6. The molecule has 0 unspecified atom stereocenters. The van der Waals surface area contributed by atoms with E-state index < -0.39 is 5.82 Å². The summed E-state index contributed by atoms with van der Waals surface area (Å²) in [5, 5.41) is 13.4. The highest BCUT2D eigenvalue weighted by atomic mass is 19.1. The van der Waals surface area contributed by atoms with Gasteiger partial charge in [-0.1, -0.05) is 11.2 Å². The van der Waals surface area contributed by atoms with Gasteiger partial charge in [0.2, 0.25) is 5.82 Å². The van der Waals surface area contributed by atoms with Crippen molar-refractivity contribution in [2.45, 2.75) is 0 Å². The number of aromatic nitrogens is 3. The van der Waals surface area contributed by atoms with Crippen molar-refractivity contribution in [3.63, 3.8) is 0 Å². The average Bonchev–Trinajstić information content (AvgIpc) is 2.89. The standard InChI is InChI=1S/C13H8FN3O2/c14-9-2-1-3-10(18)11(9)13-16-12(17-19-13)8-4-6-15-7-5-8/h1-7,18H. The lowest BCUT2D eigenvalue weighted by Gasteiger charge is -1.99. The van der Waals surface area contributed by atoms with E-state index >= 15 is 0 Å². The zero-order chi connectivity index (χ0) is 13.2. The van der Waals surface area contributed by atoms with Gasteiger partial charge >= 0.3 is 0 Å². The van der Waals surface area contributed by atoms with Crippen molar-refractivity contribution in [2.75, 3.05) is 0 Å². The molecule has 0 amide bonds. The van der Waals surface area contributed by atoms with Crippen molar-refractivity contribution in [3.8, 4) is 28.6 Å². The van der Waals surface area contributed by atoms with Gasteiger partial charge in [-0.25, -0.2) is 4.39 Å². The fraction of sp³-hybridized carbons (Fsp3) is 0. The van der Waals surface area contributed by atoms with E-state index in [2.05, 4.69) is 15.1 Å². The van der Waals surface area contributed by atoms with Gasteiger partial charge in [0.1, 0.15) is 17.1 Å². The summed E-state index contributed by atoms with van der Waals surface area (Å²) in [5.41, 5.74) is 0.594. The first-order valence-electron chi connectivity index (χ1n) is 5.47. The van der Waals surface area contributed by atoms with E-state index in [-0.39, 0.29) is 17.2 Å². The Morgan fingerprint density at radius 2 is 1.89 bits per heavy atom. The molecule has 0 spiro atoms. The number of benzene rings is 1. The van der Waals surface area contributed by atoms with E-state index in [1.54, 1.807) is 24.5 Å². The Labute approximate surface area is 107 Å². The maximum Gasteiger partial charge on any atom is 0.265 e. The number of aromatic hydroxyl groups is 1. The Balaban J connectivity index is 2.07. The van der Waals surface area contributed by atoms with E-state index in [1.165, 1.54) is 18.2 Å². The van der Waals surface area contributed by atoms with Crippen LogP contribution in [0.2, 0.25) is 0 Å². The summed E-state index contributed by atoms with van der Waals surface area (Å²) in [6.07, 6.45) is 3.18. The molecule has 0 aliphatic rings. The molecule has 0 atom stereocenters. The first kappa shape index (κ1) is 11.3. The topological polar surface area (TPSA) is 72.0 Å². The summed E-state index contributed by atoms with van der Waals surface area (Å²) in [5.74, 6) is -0.627. The summed E-state index contributed by atoms with van der Waals surface area (Å²) in [6.45, 7) is 0. The number of halogens is 1. The number of phenols is 1. The predicted octanol–water partition coefficient (Wildman–Crippen LogP) is 2.64. The first-order chi connectivity index (χ1) is 9.25. The second kappa shape index (κ2) is 4.49. The van der Waals surface area contributed by atoms with Gasteiger partial charge in [-0.2, -0.15) is 4.98 Å². The van der Waals surface area contributed by atoms with Crippen LogP contribution in [0.4, 0.5) is 4.39 Å². The molecule has 0 aliphatic heterocycles. The summed E-state index contributed by atoms with van der Waals surface area (Å²) in [7, 11) is 0. The molecular weight excluding hydrogens is 249 g/mol. The minimum Gasteiger partial charge on any atom is -0.507 e. The highest BCUT2D eigenvalue weighted by molar-refractivity contribution is 5.65. The quantitative estimate of drug-likeness (QED) is 0.764. The largest absolute Gasteiger partial charge is 0.507 e. The number of hydrogen-bond acceptors (Lipinski definition) is 5. The number of pyridine rings is 1. The molecule has 0 saturated heterocycles. The van der Waals surface area contributed by atoms with Crippen molar-refractivity contribution >= 4 is 0 Å². The van der Waals surface area contributed by atoms with Gasteiger partial charge in [-0.05, 0) is 24.3 Å². The predicted molar refractivity (Wildman–Crippen MR) is 64.6 cm³/mol. The van der Waals surface area contributed by atoms with Crippen LogP contribution >= 0.6 is 0 Å². The molecule has 19 heavy (non-hydrogen) atoms. The van der Waals surface area contributed by atoms with Crippen molar-refractivity contribution in [2.24, 2.45) is 0 Å². The number of nitrogens with zero attached hydrogens (tertiary/aromatic N) is 3. The summed E-state index contributed by atoms with van der Waals surface area (Å²) >= 11 is 0. The second-order valence-corrected chi connectivity index (χ2v) is 3.79. The van der Waals surface area contributed by atoms with Crippen molar-refractivity contribution in [1.29, 1.82) is 0 Å². The highest BCUT2D eigenvalue weighted by Gasteiger charge is 2.17. The second-order valence-electron chi connectivity index (χ2n) is 3.79. The molecule has 0 radical (unpaired) electrons. The van der Waals surface area contributed by atoms with Crippen LogP contribution in [0.1, 0.15) is 0 Å². The van der Waals surface area contributed by atoms with Gasteiger partial charge in [0.25, 0.3) is 5.89 Å². The van der Waals surface area contributed by atoms with E-state index in [4.69, 9.17) is 4.52 Å². The molecule has 0 bridgehead atoms. The SMILES string of the molecule is Oc1cccc(F)c1-c1nc(-c2ccncc2)no1. The monoisotopic (exact) mass is 257 g/mol. The molecule has 0 aliphatic carbocycles. The first-order valence-corrected chi connectivity index (χ1v) is 5.47. The molecule has 1 aromatic carbocycles. The van der Waals surface area contributed by atoms with Crippen LogP contribution in [0.25, 0.3) is 22.8 Å². The molecule has 3 aromatic rings. The number of phenolic OH excluding ortho intramolecular Hbond substituents is 1. The van der Waals surface area contributed by atoms with Crippen LogP contribution in [0.5, 0.6) is 5.75 Å². The van der Waals surface area contributed by atoms with Crippen molar-refractivity contribution in [3.05, 3.63) is 48.5 Å². The molecule has 2 heterocycles. The zero-order valence-electron chi connectivity index (χ0n) is 9.62. The third-order valence-corrected chi connectivity index (χ3v) is 2.57. The smallest absolute Gasteiger partial charge is 0.265 e. The normalized spacial score (nSPS) is 10.6. The Morgan fingerprint density at radius 1 is 1.11 bits per heavy atom. The third kappa shape index (κ3) is 2.03. The van der Waals surface area contributed by atoms with Crippen LogP contribution in [-0.2, 0) is 0 Å². The van der Waals surface area contributed by atoms with Gasteiger partial charge in [0, 0.05) is 18.0 Å². The zero-order valence-corrected chi connectivity index (χ0v) is 9.62. The Kier molecular flexibility index (Phi) is 2.68. The van der Waals surface area contributed by atoms with Crippen LogP contribution in [-0.4, -0.2) is 20.2 Å². The van der Waals surface area contributed by atoms with Crippen LogP contribution in [0.15, 0.2) is 47.2 Å². The minimum absolute atomic E-state index is 0.0672. The van der Waals surface area contributed by atoms with Gasteiger partial charge < -0.3 is 9.63 Å². The molecule has 5 nitrogen and oxygen atoms in total. The van der Waals surface area contributed by atoms with Crippen LogP contribution in [0, 0.1) is 5.82 Å². The molecule has 2 aromatic heterocycles. The Hall–Kier alpha value is -2.76. The van der Waals surface area contributed by atoms with Gasteiger partial charge in [-0.15, -0.1) is 0 Å². The lowest BCUT2D eigenvalue weighted by atomic mass is 10.2. The lowest BCUT2D eigenvalue weighted by molar-refractivity contribution is 0.421. The average molecular weight is 257 g/mol. The maximum atomic E-state index is 13.7. The van der Waals surface area contributed by atoms with E-state index in [1.807, 2.05) is 0 Å².